The molecule has 0 aliphatic heterocycles. The minimum Gasteiger partial charge on any atom is -0.359 e. The van der Waals surface area contributed by atoms with Crippen LogP contribution in [0.25, 0.3) is 0 Å². The number of carbonyl (C=O) groups excluding carboxylic acids is 1. The van der Waals surface area contributed by atoms with Crippen molar-refractivity contribution < 1.29 is 6.22 Å². The zero-order chi connectivity index (χ0) is 10.4. The van der Waals surface area contributed by atoms with E-state index in [-0.39, 0.29) is 7.33 Å². The van der Waals surface area contributed by atoms with Crippen molar-refractivity contribution in [2.45, 2.75) is 26.2 Å². The monoisotopic (exact) mass is 193 g/mol. The second kappa shape index (κ2) is 5.43. The minimum atomic E-state index is 0. The van der Waals surface area contributed by atoms with E-state index >= 15 is 0 Å². The van der Waals surface area contributed by atoms with Gasteiger partial charge in [-0.1, -0.05) is 37.6 Å². The fraction of sp³-hybridized carbons (Fsp3) is 0.417. The van der Waals surface area contributed by atoms with Crippen molar-refractivity contribution >= 4 is 5.91 Å². The van der Waals surface area contributed by atoms with Crippen LogP contribution < -0.4 is 5.32 Å². The van der Waals surface area contributed by atoms with Crippen LogP contribution >= 0.6 is 0 Å². The van der Waals surface area contributed by atoms with Gasteiger partial charge in [0.15, 0.2) is 0 Å². The summed E-state index contributed by atoms with van der Waals surface area (Å²) in [5, 5.41) is 2.63. The minimum absolute atomic E-state index is 0. The van der Waals surface area contributed by atoms with Crippen LogP contribution in [0.15, 0.2) is 24.3 Å². The molecule has 0 unspecified atom stereocenters. The van der Waals surface area contributed by atoms with Gasteiger partial charge < -0.3 is 5.32 Å². The van der Waals surface area contributed by atoms with Crippen LogP contribution in [0.5, 0.6) is 0 Å². The molecule has 0 aliphatic rings. The molecule has 1 N–H and O–H groups in total. The van der Waals surface area contributed by atoms with Crippen LogP contribution in [0.4, 0.5) is 0 Å². The number of hydrogen-bond donors (Lipinski definition) is 1. The first-order valence-electron chi connectivity index (χ1n) is 5.04. The van der Waals surface area contributed by atoms with E-state index in [9.17, 15) is 4.79 Å². The molecule has 2 nitrogen and oxygen atoms in total. The lowest BCUT2D eigenvalue weighted by Gasteiger charge is -2.03. The van der Waals surface area contributed by atoms with Crippen molar-refractivity contribution in [1.29, 1.82) is 0 Å². The Bertz CT molecular complexity index is 312. The molecule has 0 aromatic heterocycles. The second-order valence-corrected chi connectivity index (χ2v) is 3.42. The van der Waals surface area contributed by atoms with Gasteiger partial charge in [-0.25, -0.2) is 0 Å². The molecule has 2 heteroatoms. The summed E-state index contributed by atoms with van der Waals surface area (Å²) in [6.45, 7) is 2.16. The molecule has 0 radical (unpaired) electrons. The number of likely N-dealkylation sites (N-methyl/N-ethyl adjacent to an activating group) is 1. The molecule has 1 rings (SSSR count). The Morgan fingerprint density at radius 1 is 1.43 bits per heavy atom. The highest BCUT2D eigenvalue weighted by Crippen LogP contribution is 2.08. The molecule has 0 fully saturated rings. The first kappa shape index (κ1) is 10.8. The van der Waals surface area contributed by atoms with Gasteiger partial charge in [0.25, 0.3) is 0 Å². The second-order valence-electron chi connectivity index (χ2n) is 3.42. The Hall–Kier alpha value is -1.31. The van der Waals surface area contributed by atoms with Crippen LogP contribution in [0, 0.1) is 0 Å². The molecule has 0 heterocycles. The predicted octanol–water partition coefficient (Wildman–Crippen LogP) is 2.17. The van der Waals surface area contributed by atoms with Gasteiger partial charge in [-0.2, -0.15) is 0 Å². The molecule has 78 valence electrons. The molecule has 0 saturated carbocycles. The maximum atomic E-state index is 11.1. The number of hydrogen-bond acceptors (Lipinski definition) is 1. The lowest BCUT2D eigenvalue weighted by molar-refractivity contribution is -0.119. The quantitative estimate of drug-likeness (QED) is 0.780. The summed E-state index contributed by atoms with van der Waals surface area (Å²) in [5.41, 5.74) is 2.41. The molecular formula is C12H19NO. The highest BCUT2D eigenvalue weighted by atomic mass is 16.1. The maximum absolute atomic E-state index is 11.1. The average Bonchev–Trinajstić information content (AvgIpc) is 2.19. The van der Waals surface area contributed by atoms with E-state index in [2.05, 4.69) is 24.4 Å². The van der Waals surface area contributed by atoms with Gasteiger partial charge >= 0.3 is 0 Å². The third-order valence-corrected chi connectivity index (χ3v) is 2.17. The molecule has 0 bridgehead atoms. The van der Waals surface area contributed by atoms with Crippen molar-refractivity contribution in [2.24, 2.45) is 0 Å². The van der Waals surface area contributed by atoms with Crippen molar-refractivity contribution in [1.82, 2.24) is 5.32 Å². The normalized spacial score (nSPS) is 9.86. The molecular weight excluding hydrogens is 174 g/mol. The van der Waals surface area contributed by atoms with E-state index in [1.54, 1.807) is 7.05 Å². The molecule has 0 spiro atoms. The Balaban J connectivity index is 0.00000196. The van der Waals surface area contributed by atoms with Crippen LogP contribution in [-0.2, 0) is 17.6 Å². The zero-order valence-electron chi connectivity index (χ0n) is 8.84. The fourth-order valence-corrected chi connectivity index (χ4v) is 1.46. The topological polar surface area (TPSA) is 29.1 Å². The van der Waals surface area contributed by atoms with Gasteiger partial charge in [0.2, 0.25) is 5.91 Å². The first-order chi connectivity index (χ1) is 6.76. The van der Waals surface area contributed by atoms with Gasteiger partial charge in [0, 0.05) is 8.47 Å². The van der Waals surface area contributed by atoms with Gasteiger partial charge in [-0.3, -0.25) is 4.79 Å². The summed E-state index contributed by atoms with van der Waals surface area (Å²) in [7, 11) is 1.66. The summed E-state index contributed by atoms with van der Waals surface area (Å²) < 4.78 is 0. The largest absolute Gasteiger partial charge is 0.359 e. The van der Waals surface area contributed by atoms with Crippen LogP contribution in [0.2, 0.25) is 0 Å². The van der Waals surface area contributed by atoms with Crippen molar-refractivity contribution in [3.8, 4) is 0 Å². The Kier molecular flexibility index (Phi) is 4.17. The maximum Gasteiger partial charge on any atom is 0.224 e. The Morgan fingerprint density at radius 2 is 2.14 bits per heavy atom. The molecule has 0 aliphatic carbocycles. The molecule has 1 amide bonds. The highest BCUT2D eigenvalue weighted by molar-refractivity contribution is 5.78. The van der Waals surface area contributed by atoms with E-state index in [1.807, 2.05) is 12.1 Å². The van der Waals surface area contributed by atoms with E-state index < -0.39 is 0 Å². The van der Waals surface area contributed by atoms with Gasteiger partial charge in [0.1, 0.15) is 0 Å². The number of benzene rings is 1. The van der Waals surface area contributed by atoms with E-state index in [1.165, 1.54) is 5.56 Å². The number of amides is 1. The van der Waals surface area contributed by atoms with Gasteiger partial charge in [-0.15, -0.1) is 0 Å². The molecule has 0 atom stereocenters. The Morgan fingerprint density at radius 3 is 2.79 bits per heavy atom. The predicted molar refractivity (Wildman–Crippen MR) is 60.3 cm³/mol. The Labute approximate surface area is 86.8 Å². The summed E-state index contributed by atoms with van der Waals surface area (Å²) in [6, 6.07) is 8.23. The zero-order valence-corrected chi connectivity index (χ0v) is 8.84. The SMILES string of the molecule is CCCc1cccc(CC(=O)NC)c1.[HH]. The van der Waals surface area contributed by atoms with Crippen LogP contribution in [0.3, 0.4) is 0 Å². The smallest absolute Gasteiger partial charge is 0.224 e. The van der Waals surface area contributed by atoms with E-state index in [4.69, 9.17) is 0 Å². The standard InChI is InChI=1S/C12H17NO.H2/c1-3-5-10-6-4-7-11(8-10)9-12(14)13-2;/h4,6-8H,3,5,9H2,1-2H3,(H,13,14);1H. The van der Waals surface area contributed by atoms with Gasteiger partial charge in [0.05, 0.1) is 6.42 Å². The summed E-state index contributed by atoms with van der Waals surface area (Å²) in [6.07, 6.45) is 2.71. The summed E-state index contributed by atoms with van der Waals surface area (Å²) in [4.78, 5) is 11.1. The molecule has 1 aromatic carbocycles. The lowest BCUT2D eigenvalue weighted by atomic mass is 10.0. The molecule has 0 saturated heterocycles. The number of carbonyl (C=O) groups is 1. The summed E-state index contributed by atoms with van der Waals surface area (Å²) in [5.74, 6) is 0.0682. The number of aryl methyl sites for hydroxylation is 1. The first-order valence-corrected chi connectivity index (χ1v) is 5.04. The van der Waals surface area contributed by atoms with Crippen molar-refractivity contribution in [3.63, 3.8) is 0 Å². The van der Waals surface area contributed by atoms with Crippen molar-refractivity contribution in [3.05, 3.63) is 35.4 Å². The number of nitrogens with one attached hydrogen (secondary N) is 1. The summed E-state index contributed by atoms with van der Waals surface area (Å²) >= 11 is 0. The van der Waals surface area contributed by atoms with Crippen molar-refractivity contribution in [2.75, 3.05) is 7.05 Å². The van der Waals surface area contributed by atoms with Crippen LogP contribution in [-0.4, -0.2) is 13.0 Å². The molecule has 14 heavy (non-hydrogen) atoms. The highest BCUT2D eigenvalue weighted by Gasteiger charge is 2.00. The fourth-order valence-electron chi connectivity index (χ4n) is 1.46. The molecule has 1 aromatic rings. The van der Waals surface area contributed by atoms with Gasteiger partial charge in [-0.05, 0) is 17.5 Å². The van der Waals surface area contributed by atoms with E-state index in [0.29, 0.717) is 6.42 Å². The van der Waals surface area contributed by atoms with E-state index in [0.717, 1.165) is 18.4 Å². The third-order valence-electron chi connectivity index (χ3n) is 2.17. The third kappa shape index (κ3) is 3.21. The van der Waals surface area contributed by atoms with Crippen LogP contribution in [0.1, 0.15) is 25.9 Å². The average molecular weight is 193 g/mol. The number of rotatable bonds is 4. The lowest BCUT2D eigenvalue weighted by Crippen LogP contribution is -2.19.